The summed E-state index contributed by atoms with van der Waals surface area (Å²) in [6, 6.07) is 33.4. The Bertz CT molecular complexity index is 1570. The van der Waals surface area contributed by atoms with Crippen molar-refractivity contribution in [3.05, 3.63) is 132 Å². The summed E-state index contributed by atoms with van der Waals surface area (Å²) < 4.78 is 27.3. The molecule has 1 fully saturated rings. The van der Waals surface area contributed by atoms with Gasteiger partial charge in [0.1, 0.15) is 35.4 Å². The van der Waals surface area contributed by atoms with Crippen LogP contribution in [0.1, 0.15) is 22.4 Å². The van der Waals surface area contributed by atoms with Gasteiger partial charge in [-0.3, -0.25) is 0 Å². The van der Waals surface area contributed by atoms with Gasteiger partial charge in [0.2, 0.25) is 5.79 Å². The molecule has 4 unspecified atom stereocenters. The number of aliphatic hydroxyl groups is 1. The Hall–Kier alpha value is -3.57. The van der Waals surface area contributed by atoms with E-state index in [4.69, 9.17) is 18.9 Å². The number of hydrogen-bond acceptors (Lipinski definition) is 8. The van der Waals surface area contributed by atoms with Crippen LogP contribution in [0.4, 0.5) is 0 Å². The average molecular weight is 584 g/mol. The van der Waals surface area contributed by atoms with E-state index in [0.29, 0.717) is 18.9 Å². The molecule has 1 N–H and O–H groups in total. The molecule has 42 heavy (non-hydrogen) atoms. The maximum Gasteiger partial charge on any atom is 0.240 e. The van der Waals surface area contributed by atoms with E-state index >= 15 is 0 Å². The molecule has 0 spiro atoms. The van der Waals surface area contributed by atoms with Crippen LogP contribution in [0.5, 0.6) is 0 Å². The van der Waals surface area contributed by atoms with Gasteiger partial charge in [0.05, 0.1) is 31.9 Å². The lowest BCUT2D eigenvalue weighted by molar-refractivity contribution is -0.256. The fourth-order valence-corrected chi connectivity index (χ4v) is 5.77. The highest BCUT2D eigenvalue weighted by molar-refractivity contribution is 7.98. The van der Waals surface area contributed by atoms with Crippen LogP contribution in [0.15, 0.2) is 114 Å². The summed E-state index contributed by atoms with van der Waals surface area (Å²) >= 11 is 1.51. The van der Waals surface area contributed by atoms with Gasteiger partial charge in [-0.2, -0.15) is 5.10 Å². The van der Waals surface area contributed by atoms with Crippen LogP contribution in [0.25, 0.3) is 5.52 Å². The molecule has 0 aliphatic carbocycles. The van der Waals surface area contributed by atoms with Crippen LogP contribution in [0, 0.1) is 0 Å². The van der Waals surface area contributed by atoms with Crippen molar-refractivity contribution in [2.75, 3.05) is 12.9 Å². The highest BCUT2D eigenvalue weighted by Crippen LogP contribution is 2.42. The number of ether oxygens (including phenoxy) is 4. The maximum absolute atomic E-state index is 12.4. The molecule has 1 saturated heterocycles. The number of nitrogens with zero attached hydrogens (tertiary/aromatic N) is 3. The largest absolute Gasteiger partial charge is 0.374 e. The molecule has 0 amide bonds. The normalized spacial score (nSPS) is 22.1. The van der Waals surface area contributed by atoms with Crippen LogP contribution >= 0.6 is 11.8 Å². The number of fused-ring (bicyclic) bond motifs is 1. The molecule has 0 bridgehead atoms. The highest BCUT2D eigenvalue weighted by atomic mass is 32.2. The van der Waals surface area contributed by atoms with Crippen LogP contribution in [0.2, 0.25) is 0 Å². The lowest BCUT2D eigenvalue weighted by atomic mass is 10.0. The van der Waals surface area contributed by atoms with Gasteiger partial charge in [-0.25, -0.2) is 9.50 Å². The fourth-order valence-electron chi connectivity index (χ4n) is 5.25. The summed E-state index contributed by atoms with van der Waals surface area (Å²) in [6.07, 6.45) is 1.26. The average Bonchev–Trinajstić information content (AvgIpc) is 3.60. The predicted octanol–water partition coefficient (Wildman–Crippen LogP) is 5.38. The molecule has 216 valence electrons. The van der Waals surface area contributed by atoms with Gasteiger partial charge in [-0.1, -0.05) is 91.0 Å². The number of aromatic nitrogens is 3. The molecule has 0 saturated carbocycles. The van der Waals surface area contributed by atoms with Gasteiger partial charge in [-0.15, -0.1) is 11.8 Å². The molecule has 4 atom stereocenters. The van der Waals surface area contributed by atoms with Crippen molar-refractivity contribution in [3.8, 4) is 0 Å². The molecule has 1 aliphatic rings. The molecule has 8 nitrogen and oxygen atoms in total. The molecule has 2 aromatic heterocycles. The van der Waals surface area contributed by atoms with E-state index in [1.54, 1.807) is 4.52 Å². The third-order valence-electron chi connectivity index (χ3n) is 7.31. The molecule has 3 heterocycles. The molecule has 9 heteroatoms. The predicted molar refractivity (Wildman–Crippen MR) is 160 cm³/mol. The minimum atomic E-state index is -1.88. The fraction of sp³-hybridized carbons (Fsp3) is 0.273. The summed E-state index contributed by atoms with van der Waals surface area (Å²) in [6.45, 7) is 1.17. The monoisotopic (exact) mass is 583 g/mol. The number of rotatable bonds is 12. The van der Waals surface area contributed by atoms with Crippen molar-refractivity contribution in [1.29, 1.82) is 0 Å². The first-order valence-electron chi connectivity index (χ1n) is 13.9. The van der Waals surface area contributed by atoms with Crippen molar-refractivity contribution in [3.63, 3.8) is 0 Å². The lowest BCUT2D eigenvalue weighted by Crippen LogP contribution is -2.45. The van der Waals surface area contributed by atoms with Crippen molar-refractivity contribution in [2.24, 2.45) is 0 Å². The van der Waals surface area contributed by atoms with Gasteiger partial charge < -0.3 is 24.1 Å². The van der Waals surface area contributed by atoms with E-state index in [0.717, 1.165) is 27.2 Å². The van der Waals surface area contributed by atoms with Gasteiger partial charge >= 0.3 is 0 Å². The third kappa shape index (κ3) is 6.12. The van der Waals surface area contributed by atoms with E-state index in [-0.39, 0.29) is 13.2 Å². The minimum Gasteiger partial charge on any atom is -0.374 e. The molecule has 3 aromatic carbocycles. The molecule has 0 radical (unpaired) electrons. The summed E-state index contributed by atoms with van der Waals surface area (Å²) in [5, 5.41) is 17.7. The summed E-state index contributed by atoms with van der Waals surface area (Å²) in [4.78, 5) is 4.38. The molecule has 5 aromatic rings. The van der Waals surface area contributed by atoms with E-state index < -0.39 is 24.1 Å². The van der Waals surface area contributed by atoms with Gasteiger partial charge in [0.25, 0.3) is 0 Å². The quantitative estimate of drug-likeness (QED) is 0.196. The van der Waals surface area contributed by atoms with E-state index in [9.17, 15) is 5.11 Å². The Balaban J connectivity index is 1.34. The first-order valence-corrected chi connectivity index (χ1v) is 15.1. The van der Waals surface area contributed by atoms with Crippen molar-refractivity contribution >= 4 is 17.3 Å². The number of thioether (sulfide) groups is 1. The Morgan fingerprint density at radius 3 is 2.02 bits per heavy atom. The number of benzene rings is 3. The summed E-state index contributed by atoms with van der Waals surface area (Å²) in [7, 11) is 0. The lowest BCUT2D eigenvalue weighted by Gasteiger charge is -2.30. The Labute approximate surface area is 249 Å². The smallest absolute Gasteiger partial charge is 0.240 e. The second-order valence-corrected chi connectivity index (χ2v) is 10.9. The van der Waals surface area contributed by atoms with Crippen LogP contribution in [0.3, 0.4) is 0 Å². The van der Waals surface area contributed by atoms with Crippen molar-refractivity contribution < 1.29 is 24.1 Å². The van der Waals surface area contributed by atoms with Gasteiger partial charge in [-0.05, 0) is 35.1 Å². The first-order chi connectivity index (χ1) is 20.7. The standard InChI is InChI=1S/C33H33N3O5S/c1-42-32-27-17-18-29(36(27)35-23-34-32)33(37)31(40-21-26-15-9-4-10-16-26)30(39-20-25-13-7-3-8-14-25)28(41-33)22-38-19-24-11-5-2-6-12-24/h2-18,23,28,30-31,37H,19-22H2,1H3. The third-order valence-corrected chi connectivity index (χ3v) is 8.01. The van der Waals surface area contributed by atoms with Gasteiger partial charge in [0.15, 0.2) is 0 Å². The van der Waals surface area contributed by atoms with Crippen molar-refractivity contribution in [1.82, 2.24) is 14.6 Å². The van der Waals surface area contributed by atoms with Crippen molar-refractivity contribution in [2.45, 2.75) is 48.9 Å². The topological polar surface area (TPSA) is 87.3 Å². The Morgan fingerprint density at radius 1 is 0.810 bits per heavy atom. The first kappa shape index (κ1) is 28.5. The SMILES string of the molecule is CSc1ncnn2c(C3(O)OC(COCc4ccccc4)C(OCc4ccccc4)C3OCc3ccccc3)ccc12. The second-order valence-electron chi connectivity index (χ2n) is 10.1. The zero-order valence-electron chi connectivity index (χ0n) is 23.3. The van der Waals surface area contributed by atoms with Crippen LogP contribution in [-0.2, 0) is 44.6 Å². The van der Waals surface area contributed by atoms with E-state index in [1.165, 1.54) is 18.1 Å². The Kier molecular flexibility index (Phi) is 8.95. The highest BCUT2D eigenvalue weighted by Gasteiger charge is 2.58. The zero-order chi connectivity index (χ0) is 28.8. The number of hydrogen-bond donors (Lipinski definition) is 1. The maximum atomic E-state index is 12.4. The van der Waals surface area contributed by atoms with Gasteiger partial charge in [0, 0.05) is 0 Å². The zero-order valence-corrected chi connectivity index (χ0v) is 24.1. The molecular weight excluding hydrogens is 550 g/mol. The summed E-state index contributed by atoms with van der Waals surface area (Å²) in [5.74, 6) is -1.88. The van der Waals surface area contributed by atoms with Crippen LogP contribution in [-0.4, -0.2) is 50.9 Å². The molecule has 1 aliphatic heterocycles. The van der Waals surface area contributed by atoms with Crippen LogP contribution < -0.4 is 0 Å². The van der Waals surface area contributed by atoms with E-state index in [2.05, 4.69) is 10.1 Å². The Morgan fingerprint density at radius 2 is 1.40 bits per heavy atom. The second kappa shape index (κ2) is 13.2. The molecule has 6 rings (SSSR count). The van der Waals surface area contributed by atoms with E-state index in [1.807, 2.05) is 109 Å². The summed E-state index contributed by atoms with van der Waals surface area (Å²) in [5.41, 5.74) is 4.22. The molecular formula is C33H33N3O5S. The minimum absolute atomic E-state index is 0.191.